The van der Waals surface area contributed by atoms with Gasteiger partial charge in [0.2, 0.25) is 0 Å². The molecule has 0 heterocycles. The fourth-order valence-electron chi connectivity index (χ4n) is 8.30. The lowest BCUT2D eigenvalue weighted by molar-refractivity contribution is 0.296. The summed E-state index contributed by atoms with van der Waals surface area (Å²) >= 11 is 0. The van der Waals surface area contributed by atoms with Crippen molar-refractivity contribution in [3.63, 3.8) is 0 Å². The van der Waals surface area contributed by atoms with Gasteiger partial charge in [-0.05, 0) is 106 Å². The van der Waals surface area contributed by atoms with Crippen LogP contribution in [0.25, 0.3) is 66.8 Å². The summed E-state index contributed by atoms with van der Waals surface area (Å²) < 4.78 is 36.1. The van der Waals surface area contributed by atoms with Gasteiger partial charge in [-0.25, -0.2) is 0 Å². The Labute approximate surface area is 364 Å². The number of phosphoric ester groups is 1. The van der Waals surface area contributed by atoms with E-state index >= 15 is 4.57 Å². The molecule has 0 aliphatic heterocycles. The molecule has 4 nitrogen and oxygen atoms in total. The van der Waals surface area contributed by atoms with Crippen LogP contribution in [0.3, 0.4) is 0 Å². The van der Waals surface area contributed by atoms with E-state index in [-0.39, 0.29) is 0 Å². The van der Waals surface area contributed by atoms with Gasteiger partial charge in [-0.2, -0.15) is 4.57 Å². The fraction of sp³-hybridized carbons (Fsp3) is 0.0526. The highest BCUT2D eigenvalue weighted by Gasteiger charge is 2.37. The minimum Gasteiger partial charge on any atom is -0.386 e. The molecule has 0 saturated heterocycles. The highest BCUT2D eigenvalue weighted by atomic mass is 31.2. The zero-order valence-corrected chi connectivity index (χ0v) is 35.8. The zero-order chi connectivity index (χ0) is 42.5. The summed E-state index contributed by atoms with van der Waals surface area (Å²) in [5.41, 5.74) is 14.6. The van der Waals surface area contributed by atoms with E-state index in [0.717, 1.165) is 83.5 Å². The van der Waals surface area contributed by atoms with E-state index < -0.39 is 7.82 Å². The molecular formula is C57H45O4P. The first kappa shape index (κ1) is 40.0. The molecule has 0 radical (unpaired) electrons. The normalized spacial score (nSPS) is 11.2. The molecule has 0 N–H and O–H groups in total. The molecule has 9 aromatic rings. The maximum atomic E-state index is 15.9. The summed E-state index contributed by atoms with van der Waals surface area (Å²) in [6.07, 6.45) is 0. The number of phosphoric acid groups is 1. The molecule has 0 amide bonds. The summed E-state index contributed by atoms with van der Waals surface area (Å²) in [5, 5.41) is 0. The van der Waals surface area contributed by atoms with Crippen LogP contribution in [-0.2, 0) is 4.57 Å². The molecule has 0 aliphatic carbocycles. The Balaban J connectivity index is 1.21. The Morgan fingerprint density at radius 3 is 0.710 bits per heavy atom. The second-order valence-corrected chi connectivity index (χ2v) is 16.7. The first-order chi connectivity index (χ1) is 30.4. The monoisotopic (exact) mass is 824 g/mol. The molecule has 62 heavy (non-hydrogen) atoms. The Morgan fingerprint density at radius 2 is 0.484 bits per heavy atom. The number of hydrogen-bond donors (Lipinski definition) is 0. The van der Waals surface area contributed by atoms with Gasteiger partial charge in [0, 0.05) is 16.7 Å². The lowest BCUT2D eigenvalue weighted by atomic mass is 9.90. The van der Waals surface area contributed by atoms with E-state index in [4.69, 9.17) is 13.6 Å². The smallest absolute Gasteiger partial charge is 0.386 e. The molecule has 0 atom stereocenters. The van der Waals surface area contributed by atoms with Gasteiger partial charge < -0.3 is 13.6 Å². The highest BCUT2D eigenvalue weighted by molar-refractivity contribution is 7.49. The van der Waals surface area contributed by atoms with Crippen molar-refractivity contribution in [3.05, 3.63) is 235 Å². The van der Waals surface area contributed by atoms with Crippen molar-refractivity contribution in [2.45, 2.75) is 20.8 Å². The summed E-state index contributed by atoms with van der Waals surface area (Å²) in [4.78, 5) is 0. The third-order valence-electron chi connectivity index (χ3n) is 11.3. The van der Waals surface area contributed by atoms with Crippen molar-refractivity contribution in [1.29, 1.82) is 0 Å². The van der Waals surface area contributed by atoms with Gasteiger partial charge in [0.15, 0.2) is 0 Å². The number of benzene rings is 9. The summed E-state index contributed by atoms with van der Waals surface area (Å²) in [5.74, 6) is 1.15. The number of hydrogen-bond acceptors (Lipinski definition) is 4. The Kier molecular flexibility index (Phi) is 11.4. The summed E-state index contributed by atoms with van der Waals surface area (Å²) in [7, 11) is -4.56. The average molecular weight is 825 g/mol. The van der Waals surface area contributed by atoms with Crippen LogP contribution >= 0.6 is 7.82 Å². The third-order valence-corrected chi connectivity index (χ3v) is 12.6. The van der Waals surface area contributed by atoms with E-state index in [1.54, 1.807) is 0 Å². The Hall–Kier alpha value is -7.39. The van der Waals surface area contributed by atoms with Crippen LogP contribution in [0.1, 0.15) is 16.7 Å². The first-order valence-corrected chi connectivity index (χ1v) is 22.2. The van der Waals surface area contributed by atoms with Crippen molar-refractivity contribution in [2.75, 3.05) is 0 Å². The Bertz CT molecular complexity index is 2680. The summed E-state index contributed by atoms with van der Waals surface area (Å²) in [6.45, 7) is 5.99. The van der Waals surface area contributed by atoms with Crippen LogP contribution in [0, 0.1) is 20.8 Å². The van der Waals surface area contributed by atoms with Gasteiger partial charge in [-0.3, -0.25) is 0 Å². The second-order valence-electron chi connectivity index (χ2n) is 15.3. The van der Waals surface area contributed by atoms with Crippen LogP contribution < -0.4 is 13.6 Å². The van der Waals surface area contributed by atoms with Crippen molar-refractivity contribution in [2.24, 2.45) is 0 Å². The summed E-state index contributed by atoms with van der Waals surface area (Å²) in [6, 6.07) is 73.0. The lowest BCUT2D eigenvalue weighted by Crippen LogP contribution is -2.10. The Morgan fingerprint density at radius 1 is 0.274 bits per heavy atom. The largest absolute Gasteiger partial charge is 0.647 e. The molecule has 5 heteroatoms. The highest BCUT2D eigenvalue weighted by Crippen LogP contribution is 2.55. The van der Waals surface area contributed by atoms with Gasteiger partial charge in [-0.15, -0.1) is 0 Å². The molecule has 0 saturated carbocycles. The maximum absolute atomic E-state index is 15.9. The molecule has 9 aromatic carbocycles. The van der Waals surface area contributed by atoms with Crippen molar-refractivity contribution >= 4 is 7.82 Å². The molecule has 0 spiro atoms. The minimum absolute atomic E-state index is 0.385. The predicted molar refractivity (Wildman–Crippen MR) is 256 cm³/mol. The third kappa shape index (κ3) is 8.21. The van der Waals surface area contributed by atoms with Gasteiger partial charge in [0.1, 0.15) is 17.2 Å². The quantitative estimate of drug-likeness (QED) is 0.115. The second kappa shape index (κ2) is 17.7. The van der Waals surface area contributed by atoms with E-state index in [0.29, 0.717) is 17.2 Å². The SMILES string of the molecule is Cc1c(OP(=O)(Oc2ccc(-c3ccccc3)c(-c3ccccc3)c2C)Oc2ccc(-c3ccccc3)c(-c3ccccc3)c2C)ccc(-c2ccccc2)c1-c1ccccc1. The van der Waals surface area contributed by atoms with Crippen LogP contribution in [0.2, 0.25) is 0 Å². The van der Waals surface area contributed by atoms with Gasteiger partial charge in [0.25, 0.3) is 0 Å². The number of rotatable bonds is 12. The van der Waals surface area contributed by atoms with Crippen molar-refractivity contribution in [1.82, 2.24) is 0 Å². The van der Waals surface area contributed by atoms with Gasteiger partial charge in [-0.1, -0.05) is 200 Å². The van der Waals surface area contributed by atoms with E-state index in [1.807, 2.05) is 166 Å². The molecule has 9 rings (SSSR count). The van der Waals surface area contributed by atoms with Crippen LogP contribution in [0.5, 0.6) is 17.2 Å². The average Bonchev–Trinajstić information content (AvgIpc) is 3.32. The molecule has 0 unspecified atom stereocenters. The van der Waals surface area contributed by atoms with Crippen LogP contribution in [-0.4, -0.2) is 0 Å². The van der Waals surface area contributed by atoms with Crippen molar-refractivity contribution in [3.8, 4) is 84.0 Å². The topological polar surface area (TPSA) is 44.8 Å². The van der Waals surface area contributed by atoms with Crippen molar-refractivity contribution < 1.29 is 18.1 Å². The molecule has 0 bridgehead atoms. The van der Waals surface area contributed by atoms with Crippen LogP contribution in [0.15, 0.2) is 218 Å². The maximum Gasteiger partial charge on any atom is 0.647 e. The lowest BCUT2D eigenvalue weighted by Gasteiger charge is -2.25. The molecule has 302 valence electrons. The zero-order valence-electron chi connectivity index (χ0n) is 34.9. The van der Waals surface area contributed by atoms with E-state index in [1.165, 1.54) is 0 Å². The first-order valence-electron chi connectivity index (χ1n) is 20.8. The van der Waals surface area contributed by atoms with Gasteiger partial charge >= 0.3 is 7.82 Å². The van der Waals surface area contributed by atoms with Gasteiger partial charge in [0.05, 0.1) is 0 Å². The van der Waals surface area contributed by atoms with E-state index in [9.17, 15) is 0 Å². The van der Waals surface area contributed by atoms with E-state index in [2.05, 4.69) is 72.8 Å². The van der Waals surface area contributed by atoms with Crippen LogP contribution in [0.4, 0.5) is 0 Å². The fourth-order valence-corrected chi connectivity index (χ4v) is 9.72. The molecular weight excluding hydrogens is 780 g/mol. The predicted octanol–water partition coefficient (Wildman–Crippen LogP) is 16.3. The molecule has 0 aromatic heterocycles. The molecule has 0 fully saturated rings. The minimum atomic E-state index is -4.56. The molecule has 0 aliphatic rings. The standard InChI is InChI=1S/C57H45O4P/c1-40-52(37-34-49(43-22-10-4-11-23-43)55(40)46-28-16-7-17-29-46)59-62(58,60-53-38-35-50(44-24-12-5-13-25-44)56(41(53)2)47-30-18-8-19-31-47)61-54-39-36-51(45-26-14-6-15-27-45)57(42(54)3)48-32-20-9-21-33-48/h4-39H,1-3H3.